The van der Waals surface area contributed by atoms with E-state index in [1.807, 2.05) is 11.8 Å². The molecule has 104 valence electrons. The van der Waals surface area contributed by atoms with Crippen molar-refractivity contribution in [3.05, 3.63) is 27.2 Å². The molecule has 19 heavy (non-hydrogen) atoms. The summed E-state index contributed by atoms with van der Waals surface area (Å²) in [6, 6.07) is 2.63. The van der Waals surface area contributed by atoms with Gasteiger partial charge in [0.1, 0.15) is 5.75 Å². The van der Waals surface area contributed by atoms with Crippen LogP contribution in [0.25, 0.3) is 0 Å². The summed E-state index contributed by atoms with van der Waals surface area (Å²) in [4.78, 5) is 0. The van der Waals surface area contributed by atoms with E-state index in [2.05, 4.69) is 48.1 Å². The van der Waals surface area contributed by atoms with Crippen molar-refractivity contribution in [2.75, 3.05) is 13.2 Å². The van der Waals surface area contributed by atoms with E-state index >= 15 is 0 Å². The molecule has 1 aromatic carbocycles. The highest BCUT2D eigenvalue weighted by molar-refractivity contribution is 9.10. The highest BCUT2D eigenvalue weighted by Crippen LogP contribution is 2.52. The quantitative estimate of drug-likeness (QED) is 0.876. The van der Waals surface area contributed by atoms with E-state index in [9.17, 15) is 0 Å². The molecule has 2 heterocycles. The van der Waals surface area contributed by atoms with Crippen LogP contribution in [0.1, 0.15) is 43.5 Å². The maximum Gasteiger partial charge on any atom is 0.127 e. The van der Waals surface area contributed by atoms with Crippen molar-refractivity contribution >= 4 is 27.7 Å². The van der Waals surface area contributed by atoms with Gasteiger partial charge < -0.3 is 10.1 Å². The van der Waals surface area contributed by atoms with Gasteiger partial charge in [-0.2, -0.15) is 0 Å². The Hall–Kier alpha value is -0.190. The number of thioether (sulfide) groups is 1. The summed E-state index contributed by atoms with van der Waals surface area (Å²) in [7, 11) is 0. The van der Waals surface area contributed by atoms with E-state index in [4.69, 9.17) is 4.74 Å². The first kappa shape index (κ1) is 13.8. The fourth-order valence-electron chi connectivity index (χ4n) is 3.08. The highest BCUT2D eigenvalue weighted by Gasteiger charge is 2.39. The first-order valence-electron chi connectivity index (χ1n) is 6.89. The van der Waals surface area contributed by atoms with Crippen LogP contribution >= 0.6 is 27.7 Å². The molecule has 4 heteroatoms. The molecule has 1 unspecified atom stereocenters. The summed E-state index contributed by atoms with van der Waals surface area (Å²) in [5.41, 5.74) is 4.17. The Morgan fingerprint density at radius 3 is 3.05 bits per heavy atom. The number of benzene rings is 1. The average Bonchev–Trinajstić information content (AvgIpc) is 2.80. The largest absolute Gasteiger partial charge is 0.493 e. The number of nitrogens with one attached hydrogen (secondary N) is 1. The molecule has 1 N–H and O–H groups in total. The van der Waals surface area contributed by atoms with Crippen LogP contribution < -0.4 is 10.1 Å². The van der Waals surface area contributed by atoms with Crippen molar-refractivity contribution < 1.29 is 4.74 Å². The number of halogens is 1. The van der Waals surface area contributed by atoms with Gasteiger partial charge in [-0.15, -0.1) is 11.8 Å². The van der Waals surface area contributed by atoms with E-state index < -0.39 is 0 Å². The Bertz CT molecular complexity index is 515. The van der Waals surface area contributed by atoms with Crippen molar-refractivity contribution in [1.82, 2.24) is 5.32 Å². The standard InChI is InChI=1S/C15H20BrNOS/c1-4-17-14-12-10(8-19-15(14,2)3)13-9(5-6-18-13)7-11(12)16/h7,14,17H,4-6,8H2,1-3H3. The second kappa shape index (κ2) is 4.97. The lowest BCUT2D eigenvalue weighted by atomic mass is 9.89. The summed E-state index contributed by atoms with van der Waals surface area (Å²) in [5.74, 6) is 2.20. The molecule has 2 nitrogen and oxygen atoms in total. The van der Waals surface area contributed by atoms with Crippen LogP contribution in [0.5, 0.6) is 5.75 Å². The molecule has 0 bridgehead atoms. The van der Waals surface area contributed by atoms with Gasteiger partial charge in [0.05, 0.1) is 6.61 Å². The molecule has 0 aromatic heterocycles. The number of hydrogen-bond acceptors (Lipinski definition) is 3. The number of ether oxygens (including phenoxy) is 1. The second-order valence-electron chi connectivity index (χ2n) is 5.72. The van der Waals surface area contributed by atoms with Crippen LogP contribution in [0.4, 0.5) is 0 Å². The van der Waals surface area contributed by atoms with Crippen molar-refractivity contribution in [2.45, 2.75) is 43.7 Å². The van der Waals surface area contributed by atoms with Crippen molar-refractivity contribution in [3.8, 4) is 5.75 Å². The van der Waals surface area contributed by atoms with E-state index in [-0.39, 0.29) is 4.75 Å². The molecule has 1 atom stereocenters. The lowest BCUT2D eigenvalue weighted by Crippen LogP contribution is -2.40. The molecule has 2 aliphatic rings. The highest BCUT2D eigenvalue weighted by atomic mass is 79.9. The molecule has 1 aromatic rings. The Labute approximate surface area is 127 Å². The first-order valence-corrected chi connectivity index (χ1v) is 8.66. The van der Waals surface area contributed by atoms with Gasteiger partial charge in [0.25, 0.3) is 0 Å². The molecule has 0 spiro atoms. The summed E-state index contributed by atoms with van der Waals surface area (Å²) in [6.07, 6.45) is 1.04. The summed E-state index contributed by atoms with van der Waals surface area (Å²) >= 11 is 5.82. The lowest BCUT2D eigenvalue weighted by Gasteiger charge is -2.41. The summed E-state index contributed by atoms with van der Waals surface area (Å²) < 4.78 is 7.33. The minimum atomic E-state index is 0.207. The maximum atomic E-state index is 5.88. The molecule has 0 saturated carbocycles. The average molecular weight is 342 g/mol. The first-order chi connectivity index (χ1) is 9.04. The van der Waals surface area contributed by atoms with Crippen LogP contribution in [0.3, 0.4) is 0 Å². The van der Waals surface area contributed by atoms with Gasteiger partial charge >= 0.3 is 0 Å². The van der Waals surface area contributed by atoms with E-state index in [0.29, 0.717) is 6.04 Å². The Kier molecular flexibility index (Phi) is 3.61. The third kappa shape index (κ3) is 2.22. The third-order valence-electron chi connectivity index (χ3n) is 4.05. The smallest absolute Gasteiger partial charge is 0.127 e. The monoisotopic (exact) mass is 341 g/mol. The zero-order valence-corrected chi connectivity index (χ0v) is 14.1. The maximum absolute atomic E-state index is 5.88. The van der Waals surface area contributed by atoms with Gasteiger partial charge in [0, 0.05) is 33.0 Å². The van der Waals surface area contributed by atoms with E-state index in [1.54, 1.807) is 0 Å². The SMILES string of the molecule is CCNC1c2c(Br)cc3c(c2CSC1(C)C)OCC3. The number of fused-ring (bicyclic) bond motifs is 3. The Morgan fingerprint density at radius 1 is 1.53 bits per heavy atom. The molecule has 0 amide bonds. The zero-order chi connectivity index (χ0) is 13.6. The van der Waals surface area contributed by atoms with Crippen molar-refractivity contribution in [1.29, 1.82) is 0 Å². The fourth-order valence-corrected chi connectivity index (χ4v) is 5.00. The minimum absolute atomic E-state index is 0.207. The van der Waals surface area contributed by atoms with Gasteiger partial charge in [-0.25, -0.2) is 0 Å². The van der Waals surface area contributed by atoms with Gasteiger partial charge in [0.15, 0.2) is 0 Å². The zero-order valence-electron chi connectivity index (χ0n) is 11.7. The van der Waals surface area contributed by atoms with Gasteiger partial charge in [-0.1, -0.05) is 22.9 Å². The van der Waals surface area contributed by atoms with Crippen LogP contribution in [0.2, 0.25) is 0 Å². The fraction of sp³-hybridized carbons (Fsp3) is 0.600. The van der Waals surface area contributed by atoms with Crippen molar-refractivity contribution in [3.63, 3.8) is 0 Å². The predicted molar refractivity (Wildman–Crippen MR) is 85.1 cm³/mol. The topological polar surface area (TPSA) is 21.3 Å². The molecule has 0 aliphatic carbocycles. The van der Waals surface area contributed by atoms with Gasteiger partial charge in [-0.3, -0.25) is 0 Å². The van der Waals surface area contributed by atoms with Crippen LogP contribution in [-0.4, -0.2) is 17.9 Å². The normalized spacial score (nSPS) is 23.7. The van der Waals surface area contributed by atoms with Crippen LogP contribution in [0, 0.1) is 0 Å². The molecule has 0 radical (unpaired) electrons. The van der Waals surface area contributed by atoms with Crippen molar-refractivity contribution in [2.24, 2.45) is 0 Å². The van der Waals surface area contributed by atoms with Crippen LogP contribution in [-0.2, 0) is 12.2 Å². The molecular weight excluding hydrogens is 322 g/mol. The molecule has 3 rings (SSSR count). The number of hydrogen-bond donors (Lipinski definition) is 1. The van der Waals surface area contributed by atoms with Gasteiger partial charge in [0.2, 0.25) is 0 Å². The van der Waals surface area contributed by atoms with Gasteiger partial charge in [-0.05, 0) is 37.6 Å². The minimum Gasteiger partial charge on any atom is -0.493 e. The predicted octanol–water partition coefficient (Wildman–Crippen LogP) is 4.06. The Balaban J connectivity index is 2.16. The molecule has 0 fully saturated rings. The number of rotatable bonds is 2. The van der Waals surface area contributed by atoms with E-state index in [1.165, 1.54) is 21.2 Å². The third-order valence-corrected chi connectivity index (χ3v) is 6.12. The second-order valence-corrected chi connectivity index (χ2v) is 8.20. The molecular formula is C15H20BrNOS. The van der Waals surface area contributed by atoms with E-state index in [0.717, 1.165) is 31.1 Å². The van der Waals surface area contributed by atoms with Crippen LogP contribution in [0.15, 0.2) is 10.5 Å². The summed E-state index contributed by atoms with van der Waals surface area (Å²) in [6.45, 7) is 8.65. The molecule has 2 aliphatic heterocycles. The Morgan fingerprint density at radius 2 is 2.32 bits per heavy atom. The summed E-state index contributed by atoms with van der Waals surface area (Å²) in [5, 5.41) is 3.66. The lowest BCUT2D eigenvalue weighted by molar-refractivity contribution is 0.351. The molecule has 0 saturated heterocycles.